The average molecular weight is 1190 g/mol. The van der Waals surface area contributed by atoms with E-state index < -0.39 is 164 Å². The molecule has 1 aromatic carbocycles. The van der Waals surface area contributed by atoms with E-state index in [1.807, 2.05) is 17.9 Å². The van der Waals surface area contributed by atoms with E-state index in [9.17, 15) is 74.1 Å². The van der Waals surface area contributed by atoms with E-state index in [0.717, 1.165) is 0 Å². The minimum absolute atomic E-state index is 0.0642. The highest BCUT2D eigenvalue weighted by atomic mass is 32.2. The van der Waals surface area contributed by atoms with Crippen molar-refractivity contribution in [1.82, 2.24) is 14.9 Å². The molecule has 19 atom stereocenters. The zero-order chi connectivity index (χ0) is 61.2. The van der Waals surface area contributed by atoms with Crippen LogP contribution in [0.15, 0.2) is 108 Å². The summed E-state index contributed by atoms with van der Waals surface area (Å²) in [5.41, 5.74) is 0.807. The summed E-state index contributed by atoms with van der Waals surface area (Å²) in [4.78, 5) is 28.3. The van der Waals surface area contributed by atoms with Crippen LogP contribution in [-0.2, 0) is 49.8 Å². The van der Waals surface area contributed by atoms with Gasteiger partial charge in [0.15, 0.2) is 12.1 Å². The summed E-state index contributed by atoms with van der Waals surface area (Å²) in [6.45, 7) is 7.26. The molecule has 2 saturated heterocycles. The minimum atomic E-state index is -4.50. The predicted molar refractivity (Wildman–Crippen MR) is 306 cm³/mol. The molecule has 2 bridgehead atoms. The molecule has 13 N–H and O–H groups in total. The van der Waals surface area contributed by atoms with Crippen LogP contribution in [0.4, 0.5) is 0 Å². The van der Waals surface area contributed by atoms with Gasteiger partial charge in [-0.1, -0.05) is 105 Å². The Morgan fingerprint density at radius 3 is 2.01 bits per heavy atom. The van der Waals surface area contributed by atoms with Gasteiger partial charge in [0.25, 0.3) is 0 Å². The number of aliphatic hydroxyl groups is 10. The maximum Gasteiger partial charge on any atom is 0.491 e. The van der Waals surface area contributed by atoms with Gasteiger partial charge in [-0.15, -0.1) is 0 Å². The maximum absolute atomic E-state index is 14.0. The van der Waals surface area contributed by atoms with E-state index in [0.29, 0.717) is 12.1 Å². The fourth-order valence-electron chi connectivity index (χ4n) is 10.2. The van der Waals surface area contributed by atoms with Crippen molar-refractivity contribution in [3.8, 4) is 0 Å². The van der Waals surface area contributed by atoms with Gasteiger partial charge >= 0.3 is 13.1 Å². The number of amides is 1. The van der Waals surface area contributed by atoms with Crippen molar-refractivity contribution in [2.45, 2.75) is 188 Å². The SMILES string of the molecule is C[C@@H]1[C@H](O)[C@@H](C)C=CC=CC=CC=CC=CC=CC=C[C@H](O[C@@H]2O[C@H](C)[C@@H](O)[C@H](NS(=O)(=O)c3ccc4c(c3)B(O)OC4)[C@@H]2O)C[C@@H]2O[C@](O)(C[C@@H](O)C[C@@H](O)[C@H](O)CC[C@@H](O)C[C@@H](O)CC(=O)O[C@H]1C)C[C@H](O)[C@H]2C(=O)NCCN(C)C. The average Bonchev–Trinajstić information content (AvgIpc) is 3.25. The van der Waals surface area contributed by atoms with Gasteiger partial charge in [-0.3, -0.25) is 9.59 Å². The number of carbonyl (C=O) groups is 2. The Morgan fingerprint density at radius 2 is 1.37 bits per heavy atom. The first kappa shape index (κ1) is 69.4. The number of rotatable bonds is 9. The van der Waals surface area contributed by atoms with Crippen LogP contribution in [-0.4, -0.2) is 213 Å². The number of esters is 1. The number of ether oxygens (including phenoxy) is 4. The number of benzene rings is 1. The number of aliphatic hydroxyl groups excluding tert-OH is 9. The van der Waals surface area contributed by atoms with Crippen LogP contribution >= 0.6 is 0 Å². The fraction of sp³-hybridized carbons (Fsp3) is 0.621. The third kappa shape index (κ3) is 21.5. The van der Waals surface area contributed by atoms with Gasteiger partial charge < -0.3 is 89.9 Å². The molecule has 1 amide bonds. The summed E-state index contributed by atoms with van der Waals surface area (Å²) in [5, 5.41) is 125. The Kier molecular flexibility index (Phi) is 27.6. The Morgan fingerprint density at radius 1 is 0.747 bits per heavy atom. The third-order valence-electron chi connectivity index (χ3n) is 15.2. The first-order chi connectivity index (χ1) is 39.2. The molecule has 0 radical (unpaired) electrons. The smallest absolute Gasteiger partial charge is 0.462 e. The molecular formula is C58H88BN3O20S. The number of nitrogens with one attached hydrogen (secondary N) is 2. The van der Waals surface area contributed by atoms with Crippen molar-refractivity contribution in [2.75, 3.05) is 27.2 Å². The van der Waals surface area contributed by atoms with Gasteiger partial charge in [0, 0.05) is 50.6 Å². The molecule has 23 nitrogen and oxygen atoms in total. The molecule has 0 aromatic heterocycles. The topological polar surface area (TPSA) is 364 Å². The molecule has 0 spiro atoms. The van der Waals surface area contributed by atoms with Crippen LogP contribution in [0.25, 0.3) is 0 Å². The molecule has 0 unspecified atom stereocenters. The Hall–Kier alpha value is -4.33. The molecule has 1 aromatic rings. The lowest BCUT2D eigenvalue weighted by molar-refractivity contribution is -0.307. The third-order valence-corrected chi connectivity index (χ3v) is 16.7. The number of likely N-dealkylation sites (N-methyl/N-ethyl adjacent to an activating group) is 1. The van der Waals surface area contributed by atoms with Gasteiger partial charge in [0.05, 0.1) is 97.0 Å². The maximum atomic E-state index is 14.0. The molecule has 83 heavy (non-hydrogen) atoms. The highest BCUT2D eigenvalue weighted by Gasteiger charge is 2.51. The van der Waals surface area contributed by atoms with Crippen molar-refractivity contribution in [1.29, 1.82) is 0 Å². The number of fused-ring (bicyclic) bond motifs is 3. The summed E-state index contributed by atoms with van der Waals surface area (Å²) >= 11 is 0. The first-order valence-electron chi connectivity index (χ1n) is 28.3. The second-order valence-corrected chi connectivity index (χ2v) is 24.1. The van der Waals surface area contributed by atoms with Gasteiger partial charge in [-0.2, -0.15) is 0 Å². The lowest BCUT2D eigenvalue weighted by atomic mass is 9.80. The lowest BCUT2D eigenvalue weighted by Gasteiger charge is -2.46. The number of allylic oxidation sites excluding steroid dienone is 12. The second kappa shape index (κ2) is 33.0. The summed E-state index contributed by atoms with van der Waals surface area (Å²) in [6.07, 6.45) is 1.50. The number of cyclic esters (lactones) is 1. The van der Waals surface area contributed by atoms with Crippen LogP contribution < -0.4 is 15.5 Å². The van der Waals surface area contributed by atoms with Crippen molar-refractivity contribution in [2.24, 2.45) is 17.8 Å². The second-order valence-electron chi connectivity index (χ2n) is 22.4. The fourth-order valence-corrected chi connectivity index (χ4v) is 11.5. The summed E-state index contributed by atoms with van der Waals surface area (Å²) in [7, 11) is -2.27. The lowest BCUT2D eigenvalue weighted by Crippen LogP contribution is -2.64. The largest absolute Gasteiger partial charge is 0.491 e. The normalized spacial score (nSPS) is 36.4. The van der Waals surface area contributed by atoms with Crippen molar-refractivity contribution in [3.63, 3.8) is 0 Å². The highest BCUT2D eigenvalue weighted by molar-refractivity contribution is 7.89. The zero-order valence-electron chi connectivity index (χ0n) is 48.0. The van der Waals surface area contributed by atoms with Gasteiger partial charge in [0.2, 0.25) is 15.9 Å². The van der Waals surface area contributed by atoms with E-state index in [1.54, 1.807) is 101 Å². The summed E-state index contributed by atoms with van der Waals surface area (Å²) in [5.74, 6) is -5.94. The van der Waals surface area contributed by atoms with Crippen LogP contribution in [0, 0.1) is 17.8 Å². The molecular weight excluding hydrogens is 1100 g/mol. The Bertz CT molecular complexity index is 2550. The monoisotopic (exact) mass is 1190 g/mol. The molecule has 4 heterocycles. The Balaban J connectivity index is 1.44. The van der Waals surface area contributed by atoms with Gasteiger partial charge in [-0.05, 0) is 70.4 Å². The first-order valence-corrected chi connectivity index (χ1v) is 29.8. The van der Waals surface area contributed by atoms with Gasteiger partial charge in [0.1, 0.15) is 12.2 Å². The Labute approximate surface area is 487 Å². The number of carbonyl (C=O) groups excluding carboxylic acids is 2. The van der Waals surface area contributed by atoms with E-state index >= 15 is 0 Å². The number of hydrogen-bond acceptors (Lipinski definition) is 21. The molecule has 5 rings (SSSR count). The van der Waals surface area contributed by atoms with Crippen LogP contribution in [0.2, 0.25) is 0 Å². The van der Waals surface area contributed by atoms with Crippen LogP contribution in [0.3, 0.4) is 0 Å². The van der Waals surface area contributed by atoms with Gasteiger partial charge in [-0.25, -0.2) is 13.1 Å². The zero-order valence-corrected chi connectivity index (χ0v) is 48.8. The number of sulfonamides is 1. The molecule has 0 saturated carbocycles. The number of hydrogen-bond donors (Lipinski definition) is 13. The van der Waals surface area contributed by atoms with Crippen molar-refractivity contribution < 1.29 is 97.7 Å². The summed E-state index contributed by atoms with van der Waals surface area (Å²) in [6, 6.07) is 2.36. The van der Waals surface area contributed by atoms with Crippen LogP contribution in [0.5, 0.6) is 0 Å². The molecule has 25 heteroatoms. The van der Waals surface area contributed by atoms with Crippen LogP contribution in [0.1, 0.15) is 84.6 Å². The molecule has 2 fully saturated rings. The quantitative estimate of drug-likeness (QED) is 0.110. The molecule has 0 aliphatic carbocycles. The van der Waals surface area contributed by atoms with Crippen molar-refractivity contribution >= 4 is 34.5 Å². The van der Waals surface area contributed by atoms with E-state index in [4.69, 9.17) is 23.6 Å². The molecule has 4 aliphatic rings. The standard InChI is InChI=1S/C58H88BN3O20S/c1-35-19-17-15-13-11-9-7-8-10-12-14-16-18-20-43(81-57-55(72)52(54(71)38(4)80-57)61-83(76,77)44-23-21-39-34-78-59(75)45(39)31-44)30-49-51(56(73)60-25-26-62(5)6)48(68)33-58(74,82-49)32-42(65)28-47(67)46(66)24-22-40(63)27-41(64)29-50(69)79-37(3)36(2)53(35)70/h7-21,23,31,35-38,40-43,46-49,51-55,57,61,63-68,70-72,74-75H,22,24-30,32-34H2,1-6H3,(H,60,73)/t35-,36-,37-,38+,40+,41+,42-,43-,46+,47+,48-,49-,51+,52-,53+,54+,55-,57-,58+/m0/s1. The van der Waals surface area contributed by atoms with E-state index in [-0.39, 0.29) is 55.1 Å². The highest BCUT2D eigenvalue weighted by Crippen LogP contribution is 2.38. The van der Waals surface area contributed by atoms with E-state index in [2.05, 4.69) is 10.0 Å². The molecule has 464 valence electrons. The predicted octanol–water partition coefficient (Wildman–Crippen LogP) is -0.458. The summed E-state index contributed by atoms with van der Waals surface area (Å²) < 4.78 is 59.4. The minimum Gasteiger partial charge on any atom is -0.462 e. The van der Waals surface area contributed by atoms with E-state index in [1.165, 1.54) is 31.2 Å². The molecule has 4 aliphatic heterocycles. The van der Waals surface area contributed by atoms with Crippen molar-refractivity contribution in [3.05, 3.63) is 109 Å². The number of nitrogens with zero attached hydrogens (tertiary/aromatic N) is 1.